The van der Waals surface area contributed by atoms with Crippen LogP contribution in [0.15, 0.2) is 53.0 Å². The van der Waals surface area contributed by atoms with Gasteiger partial charge in [0.05, 0.1) is 4.47 Å². The molecule has 2 aromatic carbocycles. The maximum Gasteiger partial charge on any atom is 0.251 e. The zero-order chi connectivity index (χ0) is 15.2. The number of amides is 1. The normalized spacial score (nSPS) is 10.5. The predicted molar refractivity (Wildman–Crippen MR) is 87.5 cm³/mol. The van der Waals surface area contributed by atoms with Crippen molar-refractivity contribution in [2.24, 2.45) is 0 Å². The van der Waals surface area contributed by atoms with E-state index in [1.165, 1.54) is 0 Å². The van der Waals surface area contributed by atoms with Crippen molar-refractivity contribution in [2.45, 2.75) is 26.5 Å². The first-order valence-corrected chi connectivity index (χ1v) is 7.62. The molecule has 0 atom stereocenters. The first kappa shape index (κ1) is 15.6. The predicted octanol–water partition coefficient (Wildman–Crippen LogP) is 4.17. The Morgan fingerprint density at radius 3 is 2.67 bits per heavy atom. The highest BCUT2D eigenvalue weighted by Crippen LogP contribution is 2.24. The molecule has 0 aromatic heterocycles. The Hall–Kier alpha value is -1.81. The first-order chi connectivity index (χ1) is 10.1. The molecule has 0 unspecified atom stereocenters. The van der Waals surface area contributed by atoms with E-state index in [0.717, 1.165) is 15.8 Å². The molecular formula is C17H18BrNO2. The Morgan fingerprint density at radius 1 is 1.19 bits per heavy atom. The highest BCUT2D eigenvalue weighted by molar-refractivity contribution is 9.10. The summed E-state index contributed by atoms with van der Waals surface area (Å²) < 4.78 is 6.68. The fourth-order valence-corrected chi connectivity index (χ4v) is 2.27. The van der Waals surface area contributed by atoms with Gasteiger partial charge in [-0.25, -0.2) is 0 Å². The van der Waals surface area contributed by atoms with Crippen LogP contribution in [0.3, 0.4) is 0 Å². The molecule has 4 heteroatoms. The molecule has 1 amide bonds. The Balaban J connectivity index is 2.04. The summed E-state index contributed by atoms with van der Waals surface area (Å²) in [6.45, 7) is 4.31. The van der Waals surface area contributed by atoms with Crippen LogP contribution in [0.4, 0.5) is 0 Å². The van der Waals surface area contributed by atoms with Crippen molar-refractivity contribution >= 4 is 21.8 Å². The van der Waals surface area contributed by atoms with Crippen molar-refractivity contribution in [3.05, 3.63) is 64.1 Å². The second-order valence-electron chi connectivity index (χ2n) is 5.05. The van der Waals surface area contributed by atoms with Gasteiger partial charge < -0.3 is 10.1 Å². The number of ether oxygens (including phenoxy) is 1. The van der Waals surface area contributed by atoms with Crippen molar-refractivity contribution in [3.8, 4) is 5.75 Å². The maximum absolute atomic E-state index is 12.0. The molecule has 3 nitrogen and oxygen atoms in total. The van der Waals surface area contributed by atoms with Crippen LogP contribution in [0.5, 0.6) is 5.75 Å². The van der Waals surface area contributed by atoms with E-state index in [-0.39, 0.29) is 11.9 Å². The van der Waals surface area contributed by atoms with E-state index < -0.39 is 0 Å². The third-order valence-corrected chi connectivity index (χ3v) is 3.50. The van der Waals surface area contributed by atoms with Crippen LogP contribution in [0, 0.1) is 0 Å². The van der Waals surface area contributed by atoms with Crippen molar-refractivity contribution in [1.29, 1.82) is 0 Å². The van der Waals surface area contributed by atoms with E-state index >= 15 is 0 Å². The zero-order valence-corrected chi connectivity index (χ0v) is 13.7. The molecule has 0 aliphatic carbocycles. The lowest BCUT2D eigenvalue weighted by Gasteiger charge is -2.11. The van der Waals surface area contributed by atoms with Gasteiger partial charge in [0.15, 0.2) is 0 Å². The Kier molecular flexibility index (Phi) is 5.39. The third kappa shape index (κ3) is 4.60. The number of hydrogen-bond donors (Lipinski definition) is 1. The highest BCUT2D eigenvalue weighted by Gasteiger charge is 2.08. The van der Waals surface area contributed by atoms with Gasteiger partial charge in [-0.3, -0.25) is 4.79 Å². The van der Waals surface area contributed by atoms with Gasteiger partial charge in [-0.05, 0) is 59.6 Å². The first-order valence-electron chi connectivity index (χ1n) is 6.83. The van der Waals surface area contributed by atoms with Crippen molar-refractivity contribution < 1.29 is 9.53 Å². The molecule has 0 aliphatic heterocycles. The van der Waals surface area contributed by atoms with Gasteiger partial charge in [0.2, 0.25) is 0 Å². The fraction of sp³-hybridized carbons (Fsp3) is 0.235. The molecule has 21 heavy (non-hydrogen) atoms. The number of carbonyl (C=O) groups is 1. The van der Waals surface area contributed by atoms with E-state index in [1.54, 1.807) is 6.07 Å². The van der Waals surface area contributed by atoms with Crippen LogP contribution >= 0.6 is 15.9 Å². The summed E-state index contributed by atoms with van der Waals surface area (Å²) in [6.07, 6.45) is 0. The van der Waals surface area contributed by atoms with Gasteiger partial charge in [0, 0.05) is 11.6 Å². The smallest absolute Gasteiger partial charge is 0.251 e. The van der Waals surface area contributed by atoms with Crippen LogP contribution in [-0.2, 0) is 6.61 Å². The standard InChI is InChI=1S/C17H18BrNO2/c1-12(2)19-17(20)14-7-5-6-13(10-14)11-21-16-9-4-3-8-15(16)18/h3-10,12H,11H2,1-2H3,(H,19,20). The van der Waals surface area contributed by atoms with Crippen LogP contribution in [0.25, 0.3) is 0 Å². The average Bonchev–Trinajstić information content (AvgIpc) is 2.46. The lowest BCUT2D eigenvalue weighted by molar-refractivity contribution is 0.0943. The van der Waals surface area contributed by atoms with Gasteiger partial charge in [0.1, 0.15) is 12.4 Å². The number of halogens is 1. The third-order valence-electron chi connectivity index (χ3n) is 2.84. The summed E-state index contributed by atoms with van der Waals surface area (Å²) in [5.41, 5.74) is 1.61. The lowest BCUT2D eigenvalue weighted by atomic mass is 10.1. The van der Waals surface area contributed by atoms with Crippen molar-refractivity contribution in [1.82, 2.24) is 5.32 Å². The number of hydrogen-bond acceptors (Lipinski definition) is 2. The molecule has 0 spiro atoms. The lowest BCUT2D eigenvalue weighted by Crippen LogP contribution is -2.30. The highest BCUT2D eigenvalue weighted by atomic mass is 79.9. The van der Waals surface area contributed by atoms with Gasteiger partial charge in [-0.15, -0.1) is 0 Å². The van der Waals surface area contributed by atoms with E-state index in [1.807, 2.05) is 56.3 Å². The molecule has 0 heterocycles. The fourth-order valence-electron chi connectivity index (χ4n) is 1.87. The Labute approximate surface area is 133 Å². The topological polar surface area (TPSA) is 38.3 Å². The van der Waals surface area contributed by atoms with Crippen LogP contribution in [0.2, 0.25) is 0 Å². The largest absolute Gasteiger partial charge is 0.488 e. The average molecular weight is 348 g/mol. The number of para-hydroxylation sites is 1. The van der Waals surface area contributed by atoms with E-state index in [0.29, 0.717) is 12.2 Å². The van der Waals surface area contributed by atoms with Gasteiger partial charge in [-0.1, -0.05) is 24.3 Å². The second kappa shape index (κ2) is 7.27. The Morgan fingerprint density at radius 2 is 1.95 bits per heavy atom. The van der Waals surface area contributed by atoms with E-state index in [4.69, 9.17) is 4.74 Å². The minimum Gasteiger partial charge on any atom is -0.488 e. The van der Waals surface area contributed by atoms with Crippen molar-refractivity contribution in [2.75, 3.05) is 0 Å². The monoisotopic (exact) mass is 347 g/mol. The molecule has 1 N–H and O–H groups in total. The number of benzene rings is 2. The molecular weight excluding hydrogens is 330 g/mol. The van der Waals surface area contributed by atoms with Crippen molar-refractivity contribution in [3.63, 3.8) is 0 Å². The van der Waals surface area contributed by atoms with E-state index in [2.05, 4.69) is 21.2 Å². The molecule has 0 aliphatic rings. The van der Waals surface area contributed by atoms with Crippen LogP contribution in [-0.4, -0.2) is 11.9 Å². The summed E-state index contributed by atoms with van der Waals surface area (Å²) in [6, 6.07) is 15.3. The summed E-state index contributed by atoms with van der Waals surface area (Å²) >= 11 is 3.45. The quantitative estimate of drug-likeness (QED) is 0.881. The minimum absolute atomic E-state index is 0.0623. The van der Waals surface area contributed by atoms with Gasteiger partial charge in [0.25, 0.3) is 5.91 Å². The number of carbonyl (C=O) groups excluding carboxylic acids is 1. The minimum atomic E-state index is -0.0623. The molecule has 110 valence electrons. The summed E-state index contributed by atoms with van der Waals surface area (Å²) in [7, 11) is 0. The Bertz CT molecular complexity index is 626. The van der Waals surface area contributed by atoms with Crippen LogP contribution < -0.4 is 10.1 Å². The second-order valence-corrected chi connectivity index (χ2v) is 5.90. The van der Waals surface area contributed by atoms with Gasteiger partial charge in [-0.2, -0.15) is 0 Å². The summed E-state index contributed by atoms with van der Waals surface area (Å²) in [4.78, 5) is 12.0. The zero-order valence-electron chi connectivity index (χ0n) is 12.1. The summed E-state index contributed by atoms with van der Waals surface area (Å²) in [5, 5.41) is 2.88. The molecule has 0 fully saturated rings. The van der Waals surface area contributed by atoms with E-state index in [9.17, 15) is 4.79 Å². The maximum atomic E-state index is 12.0. The summed E-state index contributed by atoms with van der Waals surface area (Å²) in [5.74, 6) is 0.724. The number of nitrogens with one attached hydrogen (secondary N) is 1. The van der Waals surface area contributed by atoms with Crippen LogP contribution in [0.1, 0.15) is 29.8 Å². The molecule has 2 rings (SSSR count). The molecule has 0 radical (unpaired) electrons. The molecule has 0 saturated heterocycles. The molecule has 0 bridgehead atoms. The van der Waals surface area contributed by atoms with Gasteiger partial charge >= 0.3 is 0 Å². The molecule has 2 aromatic rings. The molecule has 0 saturated carbocycles. The SMILES string of the molecule is CC(C)NC(=O)c1cccc(COc2ccccc2Br)c1. The number of rotatable bonds is 5.